The van der Waals surface area contributed by atoms with Gasteiger partial charge in [-0.1, -0.05) is 12.1 Å². The summed E-state index contributed by atoms with van der Waals surface area (Å²) in [7, 11) is 0. The Bertz CT molecular complexity index is 1110. The number of benzene rings is 1. The summed E-state index contributed by atoms with van der Waals surface area (Å²) in [6.45, 7) is 5.07. The second-order valence-corrected chi connectivity index (χ2v) is 5.93. The van der Waals surface area contributed by atoms with E-state index in [2.05, 4.69) is 4.98 Å². The number of nitro benzene ring substituents is 1. The summed E-state index contributed by atoms with van der Waals surface area (Å²) in [5.74, 6) is -0.408. The van der Waals surface area contributed by atoms with E-state index in [1.54, 1.807) is 32.9 Å². The number of hydrogen-bond acceptors (Lipinski definition) is 7. The van der Waals surface area contributed by atoms with Crippen LogP contribution in [0, 0.1) is 24.0 Å². The Kier molecular flexibility index (Phi) is 4.76. The zero-order valence-corrected chi connectivity index (χ0v) is 15.0. The maximum absolute atomic E-state index is 12.9. The summed E-state index contributed by atoms with van der Waals surface area (Å²) in [6.07, 6.45) is 1.29. The molecule has 3 rings (SSSR count). The zero-order chi connectivity index (χ0) is 19.7. The molecule has 140 valence electrons. The Hall–Kier alpha value is -3.49. The normalized spacial score (nSPS) is 10.9. The molecule has 0 N–H and O–H groups in total. The van der Waals surface area contributed by atoms with Gasteiger partial charge < -0.3 is 9.15 Å². The van der Waals surface area contributed by atoms with E-state index in [-0.39, 0.29) is 41.3 Å². The van der Waals surface area contributed by atoms with Crippen molar-refractivity contribution in [1.82, 2.24) is 9.55 Å². The van der Waals surface area contributed by atoms with E-state index in [0.717, 1.165) is 0 Å². The van der Waals surface area contributed by atoms with Gasteiger partial charge in [0.2, 0.25) is 5.71 Å². The van der Waals surface area contributed by atoms with Gasteiger partial charge in [0.15, 0.2) is 0 Å². The maximum Gasteiger partial charge on any atom is 0.342 e. The summed E-state index contributed by atoms with van der Waals surface area (Å²) >= 11 is 0. The highest BCUT2D eigenvalue weighted by Crippen LogP contribution is 2.24. The van der Waals surface area contributed by atoms with Crippen molar-refractivity contribution in [3.8, 4) is 0 Å². The number of rotatable bonds is 5. The van der Waals surface area contributed by atoms with E-state index in [1.807, 2.05) is 0 Å². The first kappa shape index (κ1) is 18.3. The Morgan fingerprint density at radius 2 is 2.11 bits per heavy atom. The molecule has 2 aromatic heterocycles. The molecule has 1 aromatic carbocycles. The van der Waals surface area contributed by atoms with Crippen LogP contribution in [-0.2, 0) is 11.3 Å². The van der Waals surface area contributed by atoms with Crippen molar-refractivity contribution in [3.05, 3.63) is 67.4 Å². The molecule has 0 fully saturated rings. The molecule has 0 spiro atoms. The number of ether oxygens (including phenoxy) is 1. The van der Waals surface area contributed by atoms with Crippen molar-refractivity contribution in [1.29, 1.82) is 0 Å². The lowest BCUT2D eigenvalue weighted by Gasteiger charge is -2.09. The summed E-state index contributed by atoms with van der Waals surface area (Å²) in [4.78, 5) is 39.9. The van der Waals surface area contributed by atoms with Crippen LogP contribution in [-0.4, -0.2) is 27.1 Å². The standard InChI is InChI=1S/C18H17N3O6/c1-4-26-18(23)14-11(3)27-16-15(14)17(22)20(9-19-16)8-12-6-5-7-13(10(12)2)21(24)25/h5-7,9H,4,8H2,1-3H3. The average Bonchev–Trinajstić information content (AvgIpc) is 2.96. The lowest BCUT2D eigenvalue weighted by atomic mass is 10.1. The Morgan fingerprint density at radius 3 is 2.78 bits per heavy atom. The summed E-state index contributed by atoms with van der Waals surface area (Å²) in [6, 6.07) is 4.66. The minimum Gasteiger partial charge on any atom is -0.462 e. The summed E-state index contributed by atoms with van der Waals surface area (Å²) in [5.41, 5.74) is 0.655. The van der Waals surface area contributed by atoms with Crippen LogP contribution in [0.4, 0.5) is 5.69 Å². The zero-order valence-electron chi connectivity index (χ0n) is 15.0. The molecule has 27 heavy (non-hydrogen) atoms. The fourth-order valence-electron chi connectivity index (χ4n) is 2.92. The number of nitro groups is 1. The van der Waals surface area contributed by atoms with Crippen LogP contribution >= 0.6 is 0 Å². The molecule has 0 radical (unpaired) electrons. The number of carbonyl (C=O) groups is 1. The first-order valence-corrected chi connectivity index (χ1v) is 8.23. The predicted octanol–water partition coefficient (Wildman–Crippen LogP) is 2.74. The van der Waals surface area contributed by atoms with Gasteiger partial charge in [-0.25, -0.2) is 9.78 Å². The number of nitrogens with zero attached hydrogens (tertiary/aromatic N) is 3. The van der Waals surface area contributed by atoms with Gasteiger partial charge in [-0.2, -0.15) is 0 Å². The van der Waals surface area contributed by atoms with E-state index in [9.17, 15) is 19.7 Å². The Balaban J connectivity index is 2.12. The van der Waals surface area contributed by atoms with Gasteiger partial charge in [0.1, 0.15) is 23.0 Å². The van der Waals surface area contributed by atoms with Crippen LogP contribution in [0.3, 0.4) is 0 Å². The van der Waals surface area contributed by atoms with Crippen molar-refractivity contribution in [2.75, 3.05) is 6.61 Å². The minimum absolute atomic E-state index is 0.0269. The molecule has 0 saturated carbocycles. The third kappa shape index (κ3) is 3.19. The monoisotopic (exact) mass is 371 g/mol. The quantitative estimate of drug-likeness (QED) is 0.384. The lowest BCUT2D eigenvalue weighted by Crippen LogP contribution is -2.23. The van der Waals surface area contributed by atoms with Gasteiger partial charge in [0.25, 0.3) is 11.2 Å². The number of hydrogen-bond donors (Lipinski definition) is 0. The molecule has 0 atom stereocenters. The van der Waals surface area contributed by atoms with E-state index in [0.29, 0.717) is 11.1 Å². The van der Waals surface area contributed by atoms with Gasteiger partial charge in [-0.15, -0.1) is 0 Å². The van der Waals surface area contributed by atoms with Crippen molar-refractivity contribution < 1.29 is 18.9 Å². The van der Waals surface area contributed by atoms with Crippen LogP contribution in [0.15, 0.2) is 33.7 Å². The van der Waals surface area contributed by atoms with Crippen LogP contribution in [0.5, 0.6) is 0 Å². The maximum atomic E-state index is 12.9. The Labute approximate surface area is 153 Å². The highest BCUT2D eigenvalue weighted by atomic mass is 16.6. The molecule has 9 heteroatoms. The highest BCUT2D eigenvalue weighted by molar-refractivity contribution is 6.03. The van der Waals surface area contributed by atoms with Crippen molar-refractivity contribution in [2.45, 2.75) is 27.3 Å². The molecule has 0 bridgehead atoms. The van der Waals surface area contributed by atoms with Gasteiger partial charge >= 0.3 is 5.97 Å². The molecule has 0 amide bonds. The molecule has 2 heterocycles. The fourth-order valence-corrected chi connectivity index (χ4v) is 2.92. The smallest absolute Gasteiger partial charge is 0.342 e. The summed E-state index contributed by atoms with van der Waals surface area (Å²) in [5, 5.41) is 11.2. The number of carbonyl (C=O) groups excluding carboxylic acids is 1. The van der Waals surface area contributed by atoms with E-state index in [4.69, 9.17) is 9.15 Å². The predicted molar refractivity (Wildman–Crippen MR) is 95.9 cm³/mol. The molecule has 0 unspecified atom stereocenters. The van der Waals surface area contributed by atoms with Gasteiger partial charge in [-0.3, -0.25) is 19.5 Å². The molecule has 0 aliphatic heterocycles. The van der Waals surface area contributed by atoms with Crippen LogP contribution in [0.2, 0.25) is 0 Å². The minimum atomic E-state index is -0.656. The second-order valence-electron chi connectivity index (χ2n) is 5.93. The van der Waals surface area contributed by atoms with Crippen LogP contribution in [0.25, 0.3) is 11.1 Å². The van der Waals surface area contributed by atoms with Crippen molar-refractivity contribution in [3.63, 3.8) is 0 Å². The Morgan fingerprint density at radius 1 is 1.37 bits per heavy atom. The molecular weight excluding hydrogens is 354 g/mol. The van der Waals surface area contributed by atoms with Crippen molar-refractivity contribution >= 4 is 22.8 Å². The SMILES string of the molecule is CCOC(=O)c1c(C)oc2ncn(Cc3cccc([N+](=O)[O-])c3C)c(=O)c12. The van der Waals surface area contributed by atoms with Crippen molar-refractivity contribution in [2.24, 2.45) is 0 Å². The molecule has 9 nitrogen and oxygen atoms in total. The second kappa shape index (κ2) is 7.02. The number of fused-ring (bicyclic) bond motifs is 1. The van der Waals surface area contributed by atoms with Crippen LogP contribution < -0.4 is 5.56 Å². The number of esters is 1. The number of aryl methyl sites for hydroxylation is 1. The highest BCUT2D eigenvalue weighted by Gasteiger charge is 2.24. The van der Waals surface area contributed by atoms with E-state index < -0.39 is 16.5 Å². The molecule has 0 aliphatic carbocycles. The third-order valence-electron chi connectivity index (χ3n) is 4.29. The topological polar surface area (TPSA) is 117 Å². The van der Waals surface area contributed by atoms with E-state index >= 15 is 0 Å². The van der Waals surface area contributed by atoms with Gasteiger partial charge in [0.05, 0.1) is 18.1 Å². The van der Waals surface area contributed by atoms with Crippen LogP contribution in [0.1, 0.15) is 34.2 Å². The molecule has 0 aliphatic rings. The number of aromatic nitrogens is 2. The van der Waals surface area contributed by atoms with Gasteiger partial charge in [-0.05, 0) is 26.3 Å². The summed E-state index contributed by atoms with van der Waals surface area (Å²) < 4.78 is 11.7. The molecular formula is C18H17N3O6. The van der Waals surface area contributed by atoms with E-state index in [1.165, 1.54) is 17.0 Å². The first-order valence-electron chi connectivity index (χ1n) is 8.23. The fraction of sp³-hybridized carbons (Fsp3) is 0.278. The molecule has 3 aromatic rings. The third-order valence-corrected chi connectivity index (χ3v) is 4.29. The molecule has 0 saturated heterocycles. The average molecular weight is 371 g/mol. The lowest BCUT2D eigenvalue weighted by molar-refractivity contribution is -0.385. The number of furan rings is 1. The first-order chi connectivity index (χ1) is 12.8. The largest absolute Gasteiger partial charge is 0.462 e. The van der Waals surface area contributed by atoms with Gasteiger partial charge in [0, 0.05) is 11.6 Å².